The van der Waals surface area contributed by atoms with Crippen LogP contribution in [0.2, 0.25) is 0 Å². The number of carboxylic acids is 1. The number of benzene rings is 3. The Hall–Kier alpha value is -4.79. The van der Waals surface area contributed by atoms with Gasteiger partial charge in [0.05, 0.1) is 27.8 Å². The van der Waals surface area contributed by atoms with Crippen LogP contribution < -0.4 is 4.90 Å². The molecule has 0 radical (unpaired) electrons. The van der Waals surface area contributed by atoms with Crippen LogP contribution in [0.25, 0.3) is 11.3 Å². The Labute approximate surface area is 193 Å². The lowest BCUT2D eigenvalue weighted by molar-refractivity contribution is -0.385. The van der Waals surface area contributed by atoms with E-state index in [1.54, 1.807) is 18.2 Å². The van der Waals surface area contributed by atoms with Gasteiger partial charge in [-0.2, -0.15) is 5.10 Å². The second-order valence-corrected chi connectivity index (χ2v) is 7.97. The fourth-order valence-corrected chi connectivity index (χ4v) is 4.29. The summed E-state index contributed by atoms with van der Waals surface area (Å²) in [4.78, 5) is 37.7. The van der Waals surface area contributed by atoms with E-state index in [0.717, 1.165) is 11.1 Å². The molecular weight excluding hydrogens is 436 g/mol. The molecule has 0 fully saturated rings. The van der Waals surface area contributed by atoms with Crippen LogP contribution in [0, 0.1) is 17.0 Å². The van der Waals surface area contributed by atoms with Crippen molar-refractivity contribution in [3.05, 3.63) is 111 Å². The molecule has 1 aliphatic heterocycles. The molecule has 3 aromatic carbocycles. The van der Waals surface area contributed by atoms with Gasteiger partial charge in [0.2, 0.25) is 0 Å². The van der Waals surface area contributed by atoms with Gasteiger partial charge in [0.1, 0.15) is 5.69 Å². The number of nitrogens with one attached hydrogen (secondary N) is 1. The summed E-state index contributed by atoms with van der Waals surface area (Å²) >= 11 is 0. The largest absolute Gasteiger partial charge is 0.478 e. The summed E-state index contributed by atoms with van der Waals surface area (Å²) in [5.41, 5.74) is 3.80. The number of nitro groups is 1. The Balaban J connectivity index is 1.74. The number of amides is 1. The molecule has 0 bridgehead atoms. The van der Waals surface area contributed by atoms with Crippen molar-refractivity contribution in [1.29, 1.82) is 0 Å². The van der Waals surface area contributed by atoms with Gasteiger partial charge in [0.25, 0.3) is 11.6 Å². The molecule has 9 nitrogen and oxygen atoms in total. The fraction of sp³-hybridized carbons (Fsp3) is 0.0800. The predicted octanol–water partition coefficient (Wildman–Crippen LogP) is 4.74. The molecule has 0 spiro atoms. The molecule has 1 amide bonds. The highest BCUT2D eigenvalue weighted by molar-refractivity contribution is 6.12. The zero-order chi connectivity index (χ0) is 24.0. The van der Waals surface area contributed by atoms with Gasteiger partial charge in [-0.1, -0.05) is 42.0 Å². The number of nitrogens with zero attached hydrogens (tertiary/aromatic N) is 3. The van der Waals surface area contributed by atoms with Gasteiger partial charge in [0.15, 0.2) is 0 Å². The molecule has 1 atom stereocenters. The van der Waals surface area contributed by atoms with Crippen LogP contribution >= 0.6 is 0 Å². The zero-order valence-electron chi connectivity index (χ0n) is 17.9. The summed E-state index contributed by atoms with van der Waals surface area (Å²) in [6.45, 7) is 1.96. The normalized spacial score (nSPS) is 14.8. The first-order chi connectivity index (χ1) is 16.4. The minimum absolute atomic E-state index is 0.0677. The summed E-state index contributed by atoms with van der Waals surface area (Å²) in [5, 5.41) is 28.3. The number of fused-ring (bicyclic) bond motifs is 1. The van der Waals surface area contributed by atoms with E-state index in [9.17, 15) is 24.8 Å². The summed E-state index contributed by atoms with van der Waals surface area (Å²) in [6, 6.07) is 18.9. The van der Waals surface area contributed by atoms with Crippen LogP contribution in [0.5, 0.6) is 0 Å². The topological polar surface area (TPSA) is 129 Å². The first kappa shape index (κ1) is 21.1. The van der Waals surface area contributed by atoms with Gasteiger partial charge in [-0.15, -0.1) is 0 Å². The zero-order valence-corrected chi connectivity index (χ0v) is 17.9. The van der Waals surface area contributed by atoms with Gasteiger partial charge >= 0.3 is 5.97 Å². The number of hydrogen-bond acceptors (Lipinski definition) is 5. The standard InChI is InChI=1S/C25H18N4O5/c1-14-6-8-15(9-7-14)21-20-22(27-26-21)24(30)28(17-12-10-16(11-13-17)25(31)32)23(20)18-4-2-3-5-19(18)29(33)34/h2-13,23H,1H3,(H,26,27)(H,31,32)/t23-/m0/s1. The molecule has 9 heteroatoms. The molecule has 0 aliphatic carbocycles. The van der Waals surface area contributed by atoms with E-state index in [4.69, 9.17) is 0 Å². The summed E-state index contributed by atoms with van der Waals surface area (Å²) in [5.74, 6) is -1.50. The summed E-state index contributed by atoms with van der Waals surface area (Å²) in [6.07, 6.45) is 0. The Morgan fingerprint density at radius 3 is 2.38 bits per heavy atom. The number of aromatic carboxylic acids is 1. The number of aromatic amines is 1. The number of nitro benzene ring substituents is 1. The third kappa shape index (κ3) is 3.30. The fourth-order valence-electron chi connectivity index (χ4n) is 4.29. The molecule has 0 saturated carbocycles. The summed E-state index contributed by atoms with van der Waals surface area (Å²) < 4.78 is 0. The van der Waals surface area contributed by atoms with Crippen molar-refractivity contribution in [2.75, 3.05) is 4.90 Å². The third-order valence-electron chi connectivity index (χ3n) is 5.91. The smallest absolute Gasteiger partial charge is 0.335 e. The van der Waals surface area contributed by atoms with Crippen LogP contribution in [0.1, 0.15) is 43.6 Å². The molecule has 5 rings (SSSR count). The van der Waals surface area contributed by atoms with Crippen molar-refractivity contribution in [3.8, 4) is 11.3 Å². The number of carbonyl (C=O) groups excluding carboxylic acids is 1. The molecule has 2 heterocycles. The lowest BCUT2D eigenvalue weighted by Crippen LogP contribution is -2.29. The SMILES string of the molecule is Cc1ccc(-c2n[nH]c3c2[C@H](c2ccccc2[N+](=O)[O-])N(c2ccc(C(=O)O)cc2)C3=O)cc1. The van der Waals surface area contributed by atoms with Crippen LogP contribution in [0.4, 0.5) is 11.4 Å². The van der Waals surface area contributed by atoms with E-state index in [1.165, 1.54) is 35.2 Å². The molecule has 34 heavy (non-hydrogen) atoms. The Bertz CT molecular complexity index is 1440. The van der Waals surface area contributed by atoms with E-state index >= 15 is 0 Å². The third-order valence-corrected chi connectivity index (χ3v) is 5.91. The molecule has 0 saturated heterocycles. The molecule has 2 N–H and O–H groups in total. The highest BCUT2D eigenvalue weighted by atomic mass is 16.6. The van der Waals surface area contributed by atoms with Crippen molar-refractivity contribution in [1.82, 2.24) is 10.2 Å². The lowest BCUT2D eigenvalue weighted by atomic mass is 9.94. The van der Waals surface area contributed by atoms with Gasteiger partial charge in [0, 0.05) is 22.9 Å². The van der Waals surface area contributed by atoms with Gasteiger partial charge in [-0.3, -0.25) is 24.9 Å². The molecule has 4 aromatic rings. The van der Waals surface area contributed by atoms with E-state index in [0.29, 0.717) is 22.5 Å². The van der Waals surface area contributed by atoms with Crippen LogP contribution in [0.15, 0.2) is 72.8 Å². The van der Waals surface area contributed by atoms with Crippen molar-refractivity contribution in [2.24, 2.45) is 0 Å². The Kier molecular flexibility index (Phi) is 4.94. The number of carbonyl (C=O) groups is 2. The number of anilines is 1. The Morgan fingerprint density at radius 2 is 1.74 bits per heavy atom. The van der Waals surface area contributed by atoms with Gasteiger partial charge in [-0.05, 0) is 37.3 Å². The van der Waals surface area contributed by atoms with Crippen LogP contribution in [-0.2, 0) is 0 Å². The van der Waals surface area contributed by atoms with Crippen molar-refractivity contribution in [2.45, 2.75) is 13.0 Å². The van der Waals surface area contributed by atoms with Crippen molar-refractivity contribution in [3.63, 3.8) is 0 Å². The summed E-state index contributed by atoms with van der Waals surface area (Å²) in [7, 11) is 0. The quantitative estimate of drug-likeness (QED) is 0.331. The highest BCUT2D eigenvalue weighted by Gasteiger charge is 2.45. The van der Waals surface area contributed by atoms with Crippen LogP contribution in [0.3, 0.4) is 0 Å². The molecular formula is C25H18N4O5. The number of rotatable bonds is 5. The number of aromatic nitrogens is 2. The first-order valence-electron chi connectivity index (χ1n) is 10.4. The van der Waals surface area contributed by atoms with E-state index in [2.05, 4.69) is 10.2 Å². The van der Waals surface area contributed by atoms with E-state index in [1.807, 2.05) is 31.2 Å². The number of carboxylic acid groups (broad SMARTS) is 1. The lowest BCUT2D eigenvalue weighted by Gasteiger charge is -2.26. The number of para-hydroxylation sites is 1. The highest BCUT2D eigenvalue weighted by Crippen LogP contribution is 2.47. The first-order valence-corrected chi connectivity index (χ1v) is 10.4. The number of aryl methyl sites for hydroxylation is 1. The minimum atomic E-state index is -1.09. The van der Waals surface area contributed by atoms with E-state index in [-0.39, 0.29) is 16.9 Å². The van der Waals surface area contributed by atoms with Gasteiger partial charge in [-0.25, -0.2) is 4.79 Å². The second-order valence-electron chi connectivity index (χ2n) is 7.97. The number of H-pyrrole nitrogens is 1. The maximum atomic E-state index is 13.5. The van der Waals surface area contributed by atoms with Gasteiger partial charge < -0.3 is 5.11 Å². The van der Waals surface area contributed by atoms with Crippen molar-refractivity contribution < 1.29 is 19.6 Å². The Morgan fingerprint density at radius 1 is 1.06 bits per heavy atom. The average Bonchev–Trinajstić information content (AvgIpc) is 3.38. The van der Waals surface area contributed by atoms with E-state index < -0.39 is 22.8 Å². The van der Waals surface area contributed by atoms with Crippen LogP contribution in [-0.4, -0.2) is 32.1 Å². The number of hydrogen-bond donors (Lipinski definition) is 2. The minimum Gasteiger partial charge on any atom is -0.478 e. The average molecular weight is 454 g/mol. The van der Waals surface area contributed by atoms with Crippen molar-refractivity contribution >= 4 is 23.3 Å². The second kappa shape index (κ2) is 7.96. The molecule has 168 valence electrons. The monoisotopic (exact) mass is 454 g/mol. The maximum absolute atomic E-state index is 13.5. The predicted molar refractivity (Wildman–Crippen MR) is 124 cm³/mol. The molecule has 0 unspecified atom stereocenters. The molecule has 1 aromatic heterocycles. The maximum Gasteiger partial charge on any atom is 0.335 e. The molecule has 1 aliphatic rings.